The molecule has 1 saturated carbocycles. The Morgan fingerprint density at radius 3 is 2.53 bits per heavy atom. The highest BCUT2D eigenvalue weighted by Crippen LogP contribution is 2.40. The molecule has 1 aromatic rings. The summed E-state index contributed by atoms with van der Waals surface area (Å²) in [6.45, 7) is 0. The van der Waals surface area contributed by atoms with Crippen LogP contribution in [0.15, 0.2) is 12.1 Å². The largest absolute Gasteiger partial charge is 0.366 e. The molecule has 2 unspecified atom stereocenters. The molecular formula is C12H14Cl2N2O. The SMILES string of the molecule is NC(=O)c1cc(Cl)cc(Cl)c1C1CCCC1N. The van der Waals surface area contributed by atoms with Crippen LogP contribution in [0.25, 0.3) is 0 Å². The van der Waals surface area contributed by atoms with E-state index < -0.39 is 5.91 Å². The minimum Gasteiger partial charge on any atom is -0.366 e. The van der Waals surface area contributed by atoms with Crippen molar-refractivity contribution < 1.29 is 4.79 Å². The van der Waals surface area contributed by atoms with Crippen LogP contribution < -0.4 is 11.5 Å². The zero-order chi connectivity index (χ0) is 12.6. The fourth-order valence-electron chi connectivity index (χ4n) is 2.51. The van der Waals surface area contributed by atoms with Crippen LogP contribution in [0.4, 0.5) is 0 Å². The summed E-state index contributed by atoms with van der Waals surface area (Å²) in [5.74, 6) is -0.411. The molecule has 1 aromatic carbocycles. The molecule has 2 rings (SSSR count). The molecule has 5 heteroatoms. The van der Waals surface area contributed by atoms with Crippen molar-refractivity contribution in [3.63, 3.8) is 0 Å². The standard InChI is InChI=1S/C12H14Cl2N2O/c13-6-4-8(12(16)17)11(9(14)5-6)7-2-1-3-10(7)15/h4-5,7,10H,1-3,15H2,(H2,16,17). The predicted octanol–water partition coefficient (Wildman–Crippen LogP) is 2.69. The topological polar surface area (TPSA) is 69.1 Å². The summed E-state index contributed by atoms with van der Waals surface area (Å²) in [6, 6.07) is 3.23. The van der Waals surface area contributed by atoms with Gasteiger partial charge in [0.1, 0.15) is 0 Å². The van der Waals surface area contributed by atoms with Crippen LogP contribution in [0.3, 0.4) is 0 Å². The minimum absolute atomic E-state index is 0.0341. The van der Waals surface area contributed by atoms with Gasteiger partial charge >= 0.3 is 0 Å². The second-order valence-corrected chi connectivity index (χ2v) is 5.26. The van der Waals surface area contributed by atoms with E-state index in [1.54, 1.807) is 12.1 Å². The van der Waals surface area contributed by atoms with Gasteiger partial charge in [-0.25, -0.2) is 0 Å². The number of hydrogen-bond acceptors (Lipinski definition) is 2. The minimum atomic E-state index is -0.511. The maximum absolute atomic E-state index is 11.5. The fourth-order valence-corrected chi connectivity index (χ4v) is 3.15. The Bertz CT molecular complexity index is 462. The Kier molecular flexibility index (Phi) is 3.61. The van der Waals surface area contributed by atoms with Crippen LogP contribution in [-0.2, 0) is 0 Å². The summed E-state index contributed by atoms with van der Waals surface area (Å²) >= 11 is 12.1. The zero-order valence-electron chi connectivity index (χ0n) is 9.25. The van der Waals surface area contributed by atoms with Gasteiger partial charge < -0.3 is 11.5 Å². The van der Waals surface area contributed by atoms with Crippen LogP contribution in [0, 0.1) is 0 Å². The number of halogens is 2. The third-order valence-corrected chi connectivity index (χ3v) is 3.83. The van der Waals surface area contributed by atoms with Crippen molar-refractivity contribution in [2.24, 2.45) is 11.5 Å². The molecular weight excluding hydrogens is 259 g/mol. The van der Waals surface area contributed by atoms with E-state index in [-0.39, 0.29) is 12.0 Å². The van der Waals surface area contributed by atoms with Crippen molar-refractivity contribution in [3.05, 3.63) is 33.3 Å². The molecule has 92 valence electrons. The van der Waals surface area contributed by atoms with Gasteiger partial charge in [-0.2, -0.15) is 0 Å². The molecule has 0 radical (unpaired) electrons. The number of nitrogens with two attached hydrogens (primary N) is 2. The molecule has 0 aromatic heterocycles. The lowest BCUT2D eigenvalue weighted by Gasteiger charge is -2.20. The molecule has 2 atom stereocenters. The van der Waals surface area contributed by atoms with Crippen molar-refractivity contribution in [2.75, 3.05) is 0 Å². The van der Waals surface area contributed by atoms with Crippen LogP contribution >= 0.6 is 23.2 Å². The summed E-state index contributed by atoms with van der Waals surface area (Å²) in [4.78, 5) is 11.5. The molecule has 1 fully saturated rings. The third-order valence-electron chi connectivity index (χ3n) is 3.30. The third kappa shape index (κ3) is 2.41. The van der Waals surface area contributed by atoms with Crippen LogP contribution in [0.1, 0.15) is 41.1 Å². The number of hydrogen-bond donors (Lipinski definition) is 2. The maximum Gasteiger partial charge on any atom is 0.249 e. The lowest BCUT2D eigenvalue weighted by atomic mass is 9.90. The number of carbonyl (C=O) groups excluding carboxylic acids is 1. The number of carbonyl (C=O) groups is 1. The second-order valence-electron chi connectivity index (χ2n) is 4.41. The van der Waals surface area contributed by atoms with Crippen molar-refractivity contribution in [2.45, 2.75) is 31.2 Å². The highest BCUT2D eigenvalue weighted by atomic mass is 35.5. The first-order valence-electron chi connectivity index (χ1n) is 5.55. The molecule has 0 saturated heterocycles. The van der Waals surface area contributed by atoms with Crippen molar-refractivity contribution >= 4 is 29.1 Å². The van der Waals surface area contributed by atoms with Gasteiger partial charge in [-0.1, -0.05) is 29.6 Å². The zero-order valence-corrected chi connectivity index (χ0v) is 10.8. The van der Waals surface area contributed by atoms with E-state index >= 15 is 0 Å². The van der Waals surface area contributed by atoms with Crippen molar-refractivity contribution in [3.8, 4) is 0 Å². The van der Waals surface area contributed by atoms with Gasteiger partial charge in [-0.05, 0) is 30.5 Å². The predicted molar refractivity (Wildman–Crippen MR) is 69.5 cm³/mol. The Hall–Kier alpha value is -0.770. The molecule has 4 N–H and O–H groups in total. The van der Waals surface area contributed by atoms with Crippen LogP contribution in [0.5, 0.6) is 0 Å². The van der Waals surface area contributed by atoms with E-state index in [2.05, 4.69) is 0 Å². The van der Waals surface area contributed by atoms with E-state index in [4.69, 9.17) is 34.7 Å². The molecule has 3 nitrogen and oxygen atoms in total. The van der Waals surface area contributed by atoms with Gasteiger partial charge in [-0.3, -0.25) is 4.79 Å². The van der Waals surface area contributed by atoms with E-state index in [1.807, 2.05) is 0 Å². The molecule has 17 heavy (non-hydrogen) atoms. The highest BCUT2D eigenvalue weighted by molar-refractivity contribution is 6.35. The smallest absolute Gasteiger partial charge is 0.249 e. The van der Waals surface area contributed by atoms with E-state index in [1.165, 1.54) is 0 Å². The average Bonchev–Trinajstić information content (AvgIpc) is 2.63. The molecule has 1 aliphatic carbocycles. The van der Waals surface area contributed by atoms with Gasteiger partial charge in [0, 0.05) is 27.6 Å². The Morgan fingerprint density at radius 1 is 1.29 bits per heavy atom. The molecule has 0 heterocycles. The first-order chi connectivity index (χ1) is 8.00. The van der Waals surface area contributed by atoms with E-state index in [9.17, 15) is 4.79 Å². The number of primary amides is 1. The van der Waals surface area contributed by atoms with Crippen LogP contribution in [-0.4, -0.2) is 11.9 Å². The van der Waals surface area contributed by atoms with E-state index in [0.717, 1.165) is 24.8 Å². The second kappa shape index (κ2) is 4.84. The van der Waals surface area contributed by atoms with Gasteiger partial charge in [0.2, 0.25) is 5.91 Å². The Balaban J connectivity index is 2.54. The summed E-state index contributed by atoms with van der Waals surface area (Å²) < 4.78 is 0. The van der Waals surface area contributed by atoms with Crippen molar-refractivity contribution in [1.29, 1.82) is 0 Å². The lowest BCUT2D eigenvalue weighted by molar-refractivity contribution is 0.0999. The molecule has 0 spiro atoms. The normalized spacial score (nSPS) is 23.9. The summed E-state index contributed by atoms with van der Waals surface area (Å²) in [6.07, 6.45) is 2.92. The lowest BCUT2D eigenvalue weighted by Crippen LogP contribution is -2.26. The Labute approximate surface area is 110 Å². The van der Waals surface area contributed by atoms with Gasteiger partial charge in [0.15, 0.2) is 0 Å². The number of rotatable bonds is 2. The molecule has 0 aliphatic heterocycles. The first kappa shape index (κ1) is 12.7. The quantitative estimate of drug-likeness (QED) is 0.869. The van der Waals surface area contributed by atoms with Gasteiger partial charge in [0.25, 0.3) is 0 Å². The first-order valence-corrected chi connectivity index (χ1v) is 6.30. The monoisotopic (exact) mass is 272 g/mol. The molecule has 0 bridgehead atoms. The molecule has 1 amide bonds. The highest BCUT2D eigenvalue weighted by Gasteiger charge is 2.30. The van der Waals surface area contributed by atoms with Gasteiger partial charge in [0.05, 0.1) is 0 Å². The van der Waals surface area contributed by atoms with Crippen LogP contribution in [0.2, 0.25) is 10.0 Å². The Morgan fingerprint density at radius 2 is 2.00 bits per heavy atom. The van der Waals surface area contributed by atoms with Crippen molar-refractivity contribution in [1.82, 2.24) is 0 Å². The molecule has 1 aliphatic rings. The maximum atomic E-state index is 11.5. The fraction of sp³-hybridized carbons (Fsp3) is 0.417. The van der Waals surface area contributed by atoms with E-state index in [0.29, 0.717) is 15.6 Å². The summed E-state index contributed by atoms with van der Waals surface area (Å²) in [7, 11) is 0. The summed E-state index contributed by atoms with van der Waals surface area (Å²) in [5, 5.41) is 0.896. The number of amides is 1. The summed E-state index contributed by atoms with van der Waals surface area (Å²) in [5.41, 5.74) is 12.6. The number of benzene rings is 1. The average molecular weight is 273 g/mol. The van der Waals surface area contributed by atoms with Gasteiger partial charge in [-0.15, -0.1) is 0 Å².